The first kappa shape index (κ1) is 19.0. The van der Waals surface area contributed by atoms with Crippen LogP contribution in [0.3, 0.4) is 0 Å². The molecule has 0 atom stereocenters. The number of benzene rings is 1. The van der Waals surface area contributed by atoms with Gasteiger partial charge in [-0.3, -0.25) is 4.99 Å². The lowest BCUT2D eigenvalue weighted by molar-refractivity contribution is 0.289. The molecule has 0 aliphatic heterocycles. The summed E-state index contributed by atoms with van der Waals surface area (Å²) in [5, 5.41) is 0. The fourth-order valence-electron chi connectivity index (χ4n) is 4.07. The zero-order valence-corrected chi connectivity index (χ0v) is 16.4. The van der Waals surface area contributed by atoms with Gasteiger partial charge in [0.05, 0.1) is 5.69 Å². The topological polar surface area (TPSA) is 12.4 Å². The lowest BCUT2D eigenvalue weighted by Gasteiger charge is -2.34. The summed E-state index contributed by atoms with van der Waals surface area (Å²) in [6.07, 6.45) is 9.90. The van der Waals surface area contributed by atoms with Gasteiger partial charge in [-0.25, -0.2) is 0 Å². The molecule has 1 aromatic rings. The predicted octanol–water partition coefficient (Wildman–Crippen LogP) is 7.55. The second kappa shape index (κ2) is 8.14. The van der Waals surface area contributed by atoms with Gasteiger partial charge in [-0.05, 0) is 49.1 Å². The molecular formula is C23H35N. The third-order valence-corrected chi connectivity index (χ3v) is 5.31. The minimum absolute atomic E-state index is 0.225. The number of rotatable bonds is 6. The molecule has 0 aromatic heterocycles. The van der Waals surface area contributed by atoms with Gasteiger partial charge in [-0.2, -0.15) is 0 Å². The molecule has 0 radical (unpaired) electrons. The SMILES string of the molecule is C=C(C)CC1(C=Nc2c(C(C)C)cccc2C(C)C)CCCCC1. The van der Waals surface area contributed by atoms with E-state index in [0.29, 0.717) is 11.8 Å². The maximum Gasteiger partial charge on any atom is 0.0695 e. The normalized spacial score (nSPS) is 17.8. The Morgan fingerprint density at radius 3 is 2.08 bits per heavy atom. The summed E-state index contributed by atoms with van der Waals surface area (Å²) in [7, 11) is 0. The highest BCUT2D eigenvalue weighted by atomic mass is 14.7. The van der Waals surface area contributed by atoms with E-state index in [1.807, 2.05) is 0 Å². The first-order valence-corrected chi connectivity index (χ1v) is 9.67. The molecule has 0 saturated heterocycles. The Hall–Kier alpha value is -1.37. The van der Waals surface area contributed by atoms with Crippen molar-refractivity contribution in [2.45, 2.75) is 85.0 Å². The van der Waals surface area contributed by atoms with Crippen LogP contribution in [-0.4, -0.2) is 6.21 Å². The van der Waals surface area contributed by atoms with Crippen LogP contribution in [0.25, 0.3) is 0 Å². The molecule has 0 N–H and O–H groups in total. The molecule has 2 rings (SSSR count). The maximum absolute atomic E-state index is 5.13. The van der Waals surface area contributed by atoms with Crippen LogP contribution in [0.4, 0.5) is 5.69 Å². The van der Waals surface area contributed by atoms with E-state index in [-0.39, 0.29) is 5.41 Å². The highest BCUT2D eigenvalue weighted by Gasteiger charge is 2.30. The van der Waals surface area contributed by atoms with Crippen LogP contribution in [0.5, 0.6) is 0 Å². The smallest absolute Gasteiger partial charge is 0.0695 e. The van der Waals surface area contributed by atoms with E-state index in [1.165, 1.54) is 54.5 Å². The van der Waals surface area contributed by atoms with E-state index >= 15 is 0 Å². The van der Waals surface area contributed by atoms with Gasteiger partial charge < -0.3 is 0 Å². The van der Waals surface area contributed by atoms with Gasteiger partial charge in [0, 0.05) is 11.6 Å². The molecule has 0 heterocycles. The Morgan fingerprint density at radius 1 is 1.08 bits per heavy atom. The summed E-state index contributed by atoms with van der Waals surface area (Å²) in [5.74, 6) is 0.999. The average Bonchev–Trinajstić information content (AvgIpc) is 2.52. The molecule has 132 valence electrons. The monoisotopic (exact) mass is 325 g/mol. The zero-order valence-electron chi connectivity index (χ0n) is 16.4. The van der Waals surface area contributed by atoms with Gasteiger partial charge in [0.15, 0.2) is 0 Å². The number of allylic oxidation sites excluding steroid dienone is 1. The van der Waals surface area contributed by atoms with Crippen molar-refractivity contribution in [2.24, 2.45) is 10.4 Å². The molecule has 0 amide bonds. The average molecular weight is 326 g/mol. The largest absolute Gasteiger partial charge is 0.260 e. The Balaban J connectivity index is 2.43. The summed E-state index contributed by atoms with van der Waals surface area (Å²) in [5.41, 5.74) is 5.47. The van der Waals surface area contributed by atoms with Crippen LogP contribution in [0.1, 0.15) is 96.1 Å². The lowest BCUT2D eigenvalue weighted by Crippen LogP contribution is -2.26. The minimum Gasteiger partial charge on any atom is -0.260 e. The van der Waals surface area contributed by atoms with E-state index in [2.05, 4.69) is 65.6 Å². The minimum atomic E-state index is 0.225. The Labute approximate surface area is 149 Å². The molecule has 24 heavy (non-hydrogen) atoms. The summed E-state index contributed by atoms with van der Waals surface area (Å²) in [6, 6.07) is 6.68. The molecule has 1 aliphatic rings. The van der Waals surface area contributed by atoms with Crippen LogP contribution in [0.15, 0.2) is 35.3 Å². The standard InChI is InChI=1S/C23H35N/c1-17(2)15-23(13-8-7-9-14-23)16-24-22-20(18(3)4)11-10-12-21(22)19(5)6/h10-12,16,18-19H,1,7-9,13-15H2,2-6H3. The number of hydrogen-bond acceptors (Lipinski definition) is 1. The molecule has 0 bridgehead atoms. The molecule has 1 saturated carbocycles. The molecule has 0 spiro atoms. The zero-order chi connectivity index (χ0) is 17.7. The molecular weight excluding hydrogens is 290 g/mol. The highest BCUT2D eigenvalue weighted by molar-refractivity contribution is 5.73. The van der Waals surface area contributed by atoms with Crippen molar-refractivity contribution in [3.63, 3.8) is 0 Å². The maximum atomic E-state index is 5.13. The van der Waals surface area contributed by atoms with Crippen molar-refractivity contribution < 1.29 is 0 Å². The molecule has 1 heteroatoms. The van der Waals surface area contributed by atoms with E-state index in [1.54, 1.807) is 0 Å². The van der Waals surface area contributed by atoms with Crippen molar-refractivity contribution in [2.75, 3.05) is 0 Å². The van der Waals surface area contributed by atoms with Gasteiger partial charge in [0.25, 0.3) is 0 Å². The summed E-state index contributed by atoms with van der Waals surface area (Å²) in [4.78, 5) is 5.13. The molecule has 1 aliphatic carbocycles. The van der Waals surface area contributed by atoms with Crippen LogP contribution < -0.4 is 0 Å². The van der Waals surface area contributed by atoms with Crippen LogP contribution in [0.2, 0.25) is 0 Å². The van der Waals surface area contributed by atoms with E-state index in [4.69, 9.17) is 4.99 Å². The summed E-state index contributed by atoms with van der Waals surface area (Å²) >= 11 is 0. The third-order valence-electron chi connectivity index (χ3n) is 5.31. The molecule has 1 aromatic carbocycles. The van der Waals surface area contributed by atoms with Crippen molar-refractivity contribution in [3.8, 4) is 0 Å². The number of para-hydroxylation sites is 1. The van der Waals surface area contributed by atoms with Gasteiger partial charge >= 0.3 is 0 Å². The molecule has 0 unspecified atom stereocenters. The lowest BCUT2D eigenvalue weighted by atomic mass is 9.71. The Bertz CT molecular complexity index is 560. The van der Waals surface area contributed by atoms with Crippen molar-refractivity contribution >= 4 is 11.9 Å². The molecule has 1 fully saturated rings. The van der Waals surface area contributed by atoms with Crippen LogP contribution >= 0.6 is 0 Å². The van der Waals surface area contributed by atoms with E-state index in [9.17, 15) is 0 Å². The summed E-state index contributed by atoms with van der Waals surface area (Å²) < 4.78 is 0. The van der Waals surface area contributed by atoms with Crippen molar-refractivity contribution in [1.82, 2.24) is 0 Å². The van der Waals surface area contributed by atoms with Crippen LogP contribution in [0, 0.1) is 5.41 Å². The van der Waals surface area contributed by atoms with Gasteiger partial charge in [0.2, 0.25) is 0 Å². The fraction of sp³-hybridized carbons (Fsp3) is 0.609. The Kier molecular flexibility index (Phi) is 6.43. The van der Waals surface area contributed by atoms with Crippen LogP contribution in [-0.2, 0) is 0 Å². The van der Waals surface area contributed by atoms with Crippen molar-refractivity contribution in [3.05, 3.63) is 41.5 Å². The third kappa shape index (κ3) is 4.59. The number of hydrogen-bond donors (Lipinski definition) is 0. The Morgan fingerprint density at radius 2 is 1.62 bits per heavy atom. The van der Waals surface area contributed by atoms with E-state index < -0.39 is 0 Å². The second-order valence-electron chi connectivity index (χ2n) is 8.41. The van der Waals surface area contributed by atoms with Crippen molar-refractivity contribution in [1.29, 1.82) is 0 Å². The first-order valence-electron chi connectivity index (χ1n) is 9.67. The molecule has 1 nitrogen and oxygen atoms in total. The summed E-state index contributed by atoms with van der Waals surface area (Å²) in [6.45, 7) is 15.4. The number of nitrogens with zero attached hydrogens (tertiary/aromatic N) is 1. The number of aliphatic imine (C=N–C) groups is 1. The second-order valence-corrected chi connectivity index (χ2v) is 8.41. The van der Waals surface area contributed by atoms with Gasteiger partial charge in [-0.15, -0.1) is 6.58 Å². The van der Waals surface area contributed by atoms with Gasteiger partial charge in [-0.1, -0.05) is 70.7 Å². The first-order chi connectivity index (χ1) is 11.3. The predicted molar refractivity (Wildman–Crippen MR) is 108 cm³/mol. The van der Waals surface area contributed by atoms with Gasteiger partial charge in [0.1, 0.15) is 0 Å². The van der Waals surface area contributed by atoms with E-state index in [0.717, 1.165) is 6.42 Å². The fourth-order valence-corrected chi connectivity index (χ4v) is 4.07. The highest BCUT2D eigenvalue weighted by Crippen LogP contribution is 2.41. The quantitative estimate of drug-likeness (QED) is 0.378.